The molecule has 7 nitrogen and oxygen atoms in total. The first kappa shape index (κ1) is 19.6. The van der Waals surface area contributed by atoms with Crippen molar-refractivity contribution >= 4 is 50.2 Å². The van der Waals surface area contributed by atoms with Crippen molar-refractivity contribution in [2.24, 2.45) is 0 Å². The maximum absolute atomic E-state index is 12.5. The van der Waals surface area contributed by atoms with Crippen LogP contribution < -0.4 is 15.4 Å². The number of hydrogen-bond donors (Lipinski definition) is 3. The predicted octanol–water partition coefficient (Wildman–Crippen LogP) is 3.62. The number of carbonyl (C=O) groups is 2. The SMILES string of the molecule is CS(=O)(=O)Nc1ccc(NC(=O)c2cccc(NC(=O)c3cccs3)c2)cc1. The Morgan fingerprint density at radius 1 is 0.821 bits per heavy atom. The van der Waals surface area contributed by atoms with E-state index < -0.39 is 10.0 Å². The Morgan fingerprint density at radius 3 is 2.14 bits per heavy atom. The monoisotopic (exact) mass is 415 g/mol. The van der Waals surface area contributed by atoms with Gasteiger partial charge >= 0.3 is 0 Å². The Bertz CT molecular complexity index is 1090. The third-order valence-corrected chi connectivity index (χ3v) is 5.05. The second kappa shape index (κ2) is 8.24. The Labute approximate surface area is 166 Å². The minimum Gasteiger partial charge on any atom is -0.322 e. The molecular formula is C19H17N3O4S2. The summed E-state index contributed by atoms with van der Waals surface area (Å²) >= 11 is 1.33. The molecule has 0 bridgehead atoms. The minimum atomic E-state index is -3.36. The smallest absolute Gasteiger partial charge is 0.265 e. The Kier molecular flexibility index (Phi) is 5.76. The van der Waals surface area contributed by atoms with Crippen molar-refractivity contribution in [2.45, 2.75) is 0 Å². The number of hydrogen-bond acceptors (Lipinski definition) is 5. The summed E-state index contributed by atoms with van der Waals surface area (Å²) in [7, 11) is -3.36. The van der Waals surface area contributed by atoms with Crippen LogP contribution in [0.4, 0.5) is 17.1 Å². The van der Waals surface area contributed by atoms with Gasteiger partial charge in [0, 0.05) is 22.6 Å². The molecule has 28 heavy (non-hydrogen) atoms. The van der Waals surface area contributed by atoms with Crippen molar-refractivity contribution in [1.29, 1.82) is 0 Å². The van der Waals surface area contributed by atoms with Gasteiger partial charge in [-0.15, -0.1) is 11.3 Å². The van der Waals surface area contributed by atoms with Crippen molar-refractivity contribution in [1.82, 2.24) is 0 Å². The highest BCUT2D eigenvalue weighted by Gasteiger charge is 2.10. The molecular weight excluding hydrogens is 398 g/mol. The standard InChI is InChI=1S/C19H17N3O4S2/c1-28(25,26)22-15-9-7-14(8-10-15)20-18(23)13-4-2-5-16(12-13)21-19(24)17-6-3-11-27-17/h2-12,22H,1H3,(H,20,23)(H,21,24). The van der Waals surface area contributed by atoms with E-state index in [1.54, 1.807) is 60.7 Å². The zero-order valence-corrected chi connectivity index (χ0v) is 16.4. The fourth-order valence-corrected chi connectivity index (χ4v) is 3.56. The van der Waals surface area contributed by atoms with Crippen LogP contribution in [-0.4, -0.2) is 26.5 Å². The lowest BCUT2D eigenvalue weighted by Gasteiger charge is -2.09. The summed E-state index contributed by atoms with van der Waals surface area (Å²) in [6.45, 7) is 0. The fraction of sp³-hybridized carbons (Fsp3) is 0.0526. The van der Waals surface area contributed by atoms with Crippen LogP contribution in [-0.2, 0) is 10.0 Å². The van der Waals surface area contributed by atoms with Gasteiger partial charge in [0.25, 0.3) is 11.8 Å². The molecule has 2 amide bonds. The first-order valence-corrected chi connectivity index (χ1v) is 10.9. The zero-order valence-electron chi connectivity index (χ0n) is 14.8. The molecule has 1 aromatic heterocycles. The van der Waals surface area contributed by atoms with Gasteiger partial charge in [0.2, 0.25) is 10.0 Å². The van der Waals surface area contributed by atoms with Crippen LogP contribution in [0.3, 0.4) is 0 Å². The number of amides is 2. The van der Waals surface area contributed by atoms with Crippen LogP contribution in [0.2, 0.25) is 0 Å². The van der Waals surface area contributed by atoms with Gasteiger partial charge in [0.1, 0.15) is 0 Å². The molecule has 0 unspecified atom stereocenters. The summed E-state index contributed by atoms with van der Waals surface area (Å²) in [6.07, 6.45) is 1.06. The van der Waals surface area contributed by atoms with Gasteiger partial charge in [-0.25, -0.2) is 8.42 Å². The molecule has 9 heteroatoms. The summed E-state index contributed by atoms with van der Waals surface area (Å²) < 4.78 is 24.8. The molecule has 0 aliphatic carbocycles. The summed E-state index contributed by atoms with van der Waals surface area (Å²) in [5.74, 6) is -0.586. The average molecular weight is 415 g/mol. The van der Waals surface area contributed by atoms with E-state index >= 15 is 0 Å². The van der Waals surface area contributed by atoms with E-state index in [0.29, 0.717) is 27.5 Å². The molecule has 0 fully saturated rings. The summed E-state index contributed by atoms with van der Waals surface area (Å²) in [6, 6.07) is 16.4. The van der Waals surface area contributed by atoms with Crippen molar-refractivity contribution in [3.63, 3.8) is 0 Å². The molecule has 0 radical (unpaired) electrons. The fourth-order valence-electron chi connectivity index (χ4n) is 2.38. The quantitative estimate of drug-likeness (QED) is 0.572. The first-order chi connectivity index (χ1) is 13.3. The normalized spacial score (nSPS) is 10.9. The molecule has 3 N–H and O–H groups in total. The van der Waals surface area contributed by atoms with Gasteiger partial charge in [0.15, 0.2) is 0 Å². The average Bonchev–Trinajstić information content (AvgIpc) is 3.17. The molecule has 2 aromatic carbocycles. The Balaban J connectivity index is 1.67. The van der Waals surface area contributed by atoms with Gasteiger partial charge in [0.05, 0.1) is 11.1 Å². The molecule has 0 saturated heterocycles. The maximum Gasteiger partial charge on any atom is 0.265 e. The second-order valence-corrected chi connectivity index (χ2v) is 8.61. The number of rotatable bonds is 6. The summed E-state index contributed by atoms with van der Waals surface area (Å²) in [5.41, 5.74) is 1.80. The van der Waals surface area contributed by atoms with Crippen LogP contribution in [0, 0.1) is 0 Å². The van der Waals surface area contributed by atoms with E-state index in [-0.39, 0.29) is 11.8 Å². The second-order valence-electron chi connectivity index (χ2n) is 5.92. The number of sulfonamides is 1. The van der Waals surface area contributed by atoms with Crippen LogP contribution >= 0.6 is 11.3 Å². The highest BCUT2D eigenvalue weighted by atomic mass is 32.2. The van der Waals surface area contributed by atoms with Crippen LogP contribution in [0.15, 0.2) is 66.0 Å². The van der Waals surface area contributed by atoms with Gasteiger partial charge in [-0.05, 0) is 53.9 Å². The molecule has 0 aliphatic heterocycles. The van der Waals surface area contributed by atoms with Crippen LogP contribution in [0.25, 0.3) is 0 Å². The third-order valence-electron chi connectivity index (χ3n) is 3.57. The van der Waals surface area contributed by atoms with Crippen LogP contribution in [0.1, 0.15) is 20.0 Å². The highest BCUT2D eigenvalue weighted by Crippen LogP contribution is 2.18. The van der Waals surface area contributed by atoms with E-state index in [0.717, 1.165) is 6.26 Å². The number of nitrogens with one attached hydrogen (secondary N) is 3. The molecule has 144 valence electrons. The molecule has 0 atom stereocenters. The first-order valence-electron chi connectivity index (χ1n) is 8.14. The summed E-state index contributed by atoms with van der Waals surface area (Å²) in [4.78, 5) is 25.2. The number of thiophene rings is 1. The Morgan fingerprint density at radius 2 is 1.50 bits per heavy atom. The van der Waals surface area contributed by atoms with Crippen molar-refractivity contribution in [3.8, 4) is 0 Å². The molecule has 0 aliphatic rings. The largest absolute Gasteiger partial charge is 0.322 e. The van der Waals surface area contributed by atoms with Gasteiger partial charge in [-0.1, -0.05) is 12.1 Å². The molecule has 3 aromatic rings. The van der Waals surface area contributed by atoms with Gasteiger partial charge in [-0.2, -0.15) is 0 Å². The van der Waals surface area contributed by atoms with E-state index in [2.05, 4.69) is 15.4 Å². The van der Waals surface area contributed by atoms with Gasteiger partial charge < -0.3 is 10.6 Å². The van der Waals surface area contributed by atoms with E-state index in [1.807, 2.05) is 5.38 Å². The van der Waals surface area contributed by atoms with Gasteiger partial charge in [-0.3, -0.25) is 14.3 Å². The molecule has 0 spiro atoms. The van der Waals surface area contributed by atoms with Crippen molar-refractivity contribution in [2.75, 3.05) is 21.6 Å². The maximum atomic E-state index is 12.5. The lowest BCUT2D eigenvalue weighted by molar-refractivity contribution is 0.101. The minimum absolute atomic E-state index is 0.235. The summed E-state index contributed by atoms with van der Waals surface area (Å²) in [5, 5.41) is 7.30. The molecule has 3 rings (SSSR count). The van der Waals surface area contributed by atoms with Crippen molar-refractivity contribution in [3.05, 3.63) is 76.5 Å². The lowest BCUT2D eigenvalue weighted by atomic mass is 10.1. The van der Waals surface area contributed by atoms with E-state index in [9.17, 15) is 18.0 Å². The third kappa shape index (κ3) is 5.41. The number of carbonyl (C=O) groups excluding carboxylic acids is 2. The number of benzene rings is 2. The van der Waals surface area contributed by atoms with Crippen molar-refractivity contribution < 1.29 is 18.0 Å². The Hall–Kier alpha value is -3.17. The topological polar surface area (TPSA) is 104 Å². The number of anilines is 3. The predicted molar refractivity (Wildman–Crippen MR) is 112 cm³/mol. The van der Waals surface area contributed by atoms with E-state index in [4.69, 9.17) is 0 Å². The lowest BCUT2D eigenvalue weighted by Crippen LogP contribution is -2.14. The molecule has 1 heterocycles. The zero-order chi connectivity index (χ0) is 20.1. The van der Waals surface area contributed by atoms with E-state index in [1.165, 1.54) is 11.3 Å². The molecule has 0 saturated carbocycles. The van der Waals surface area contributed by atoms with Crippen LogP contribution in [0.5, 0.6) is 0 Å². The highest BCUT2D eigenvalue weighted by molar-refractivity contribution is 7.92.